The lowest BCUT2D eigenvalue weighted by atomic mass is 9.77. The molecule has 0 radical (unpaired) electrons. The lowest BCUT2D eigenvalue weighted by molar-refractivity contribution is -0.126. The van der Waals surface area contributed by atoms with E-state index in [4.69, 9.17) is 0 Å². The number of nitrogens with one attached hydrogen (secondary N) is 2. The zero-order valence-corrected chi connectivity index (χ0v) is 13.7. The standard InChI is InChI=1S/C15H21IN2O/c1-3-15(7-4-8-17-10-15)14(19)18-12-6-5-11(2)13(16)9-12/h5-6,9,17H,3-4,7-8,10H2,1-2H3,(H,18,19). The van der Waals surface area contributed by atoms with Gasteiger partial charge in [-0.2, -0.15) is 0 Å². The van der Waals surface area contributed by atoms with Crippen molar-refractivity contribution >= 4 is 34.2 Å². The molecule has 2 N–H and O–H groups in total. The third kappa shape index (κ3) is 3.28. The topological polar surface area (TPSA) is 41.1 Å². The molecule has 104 valence electrons. The van der Waals surface area contributed by atoms with Crippen molar-refractivity contribution in [2.75, 3.05) is 18.4 Å². The van der Waals surface area contributed by atoms with Gasteiger partial charge < -0.3 is 10.6 Å². The highest BCUT2D eigenvalue weighted by Gasteiger charge is 2.37. The van der Waals surface area contributed by atoms with E-state index in [0.29, 0.717) is 0 Å². The fourth-order valence-corrected chi connectivity index (χ4v) is 3.07. The van der Waals surface area contributed by atoms with Gasteiger partial charge in [-0.15, -0.1) is 0 Å². The monoisotopic (exact) mass is 372 g/mol. The van der Waals surface area contributed by atoms with E-state index in [1.54, 1.807) is 0 Å². The van der Waals surface area contributed by atoms with Crippen LogP contribution in [0.25, 0.3) is 0 Å². The predicted octanol–water partition coefficient (Wildman–Crippen LogP) is 3.32. The maximum atomic E-state index is 12.6. The summed E-state index contributed by atoms with van der Waals surface area (Å²) in [5.41, 5.74) is 1.90. The number of benzene rings is 1. The van der Waals surface area contributed by atoms with Crippen LogP contribution >= 0.6 is 22.6 Å². The Morgan fingerprint density at radius 3 is 2.89 bits per heavy atom. The van der Waals surface area contributed by atoms with Crippen molar-refractivity contribution in [3.63, 3.8) is 0 Å². The first kappa shape index (κ1) is 14.8. The summed E-state index contributed by atoms with van der Waals surface area (Å²) in [6.07, 6.45) is 2.94. The van der Waals surface area contributed by atoms with Gasteiger partial charge in [0.1, 0.15) is 0 Å². The van der Waals surface area contributed by atoms with Gasteiger partial charge in [0.25, 0.3) is 0 Å². The highest BCUT2D eigenvalue weighted by Crippen LogP contribution is 2.31. The molecule has 1 amide bonds. The molecular weight excluding hydrogens is 351 g/mol. The molecule has 0 saturated carbocycles. The van der Waals surface area contributed by atoms with E-state index in [1.165, 1.54) is 9.13 Å². The zero-order valence-electron chi connectivity index (χ0n) is 11.6. The molecule has 1 aromatic carbocycles. The fourth-order valence-electron chi connectivity index (χ4n) is 2.56. The highest BCUT2D eigenvalue weighted by atomic mass is 127. The molecule has 1 aliphatic rings. The number of halogens is 1. The molecule has 1 aromatic rings. The van der Waals surface area contributed by atoms with Gasteiger partial charge in [0, 0.05) is 15.8 Å². The number of carbonyl (C=O) groups is 1. The van der Waals surface area contributed by atoms with Crippen LogP contribution in [-0.2, 0) is 4.79 Å². The maximum Gasteiger partial charge on any atom is 0.231 e. The van der Waals surface area contributed by atoms with Gasteiger partial charge in [-0.1, -0.05) is 13.0 Å². The Hall–Kier alpha value is -0.620. The van der Waals surface area contributed by atoms with E-state index in [9.17, 15) is 4.79 Å². The van der Waals surface area contributed by atoms with Gasteiger partial charge in [-0.05, 0) is 73.0 Å². The van der Waals surface area contributed by atoms with Crippen molar-refractivity contribution in [2.45, 2.75) is 33.1 Å². The summed E-state index contributed by atoms with van der Waals surface area (Å²) in [4.78, 5) is 12.6. The lowest BCUT2D eigenvalue weighted by Crippen LogP contribution is -2.47. The molecule has 4 heteroatoms. The summed E-state index contributed by atoms with van der Waals surface area (Å²) in [5.74, 6) is 0.154. The predicted molar refractivity (Wildman–Crippen MR) is 87.4 cm³/mol. The largest absolute Gasteiger partial charge is 0.326 e. The third-order valence-corrected chi connectivity index (χ3v) is 5.22. The molecular formula is C15H21IN2O. The quantitative estimate of drug-likeness (QED) is 0.800. The second-order valence-corrected chi connectivity index (χ2v) is 6.49. The molecule has 0 spiro atoms. The second kappa shape index (κ2) is 6.22. The summed E-state index contributed by atoms with van der Waals surface area (Å²) >= 11 is 2.30. The van der Waals surface area contributed by atoms with Crippen LogP contribution < -0.4 is 10.6 Å². The van der Waals surface area contributed by atoms with Crippen LogP contribution in [-0.4, -0.2) is 19.0 Å². The van der Waals surface area contributed by atoms with Gasteiger partial charge in [-0.25, -0.2) is 0 Å². The summed E-state index contributed by atoms with van der Waals surface area (Å²) in [6, 6.07) is 6.07. The molecule has 1 aliphatic heterocycles. The van der Waals surface area contributed by atoms with Crippen LogP contribution in [0, 0.1) is 15.9 Å². The minimum absolute atomic E-state index is 0.154. The van der Waals surface area contributed by atoms with Crippen molar-refractivity contribution in [1.29, 1.82) is 0 Å². The molecule has 1 unspecified atom stereocenters. The Kier molecular flexibility index (Phi) is 4.84. The van der Waals surface area contributed by atoms with E-state index in [-0.39, 0.29) is 11.3 Å². The Labute approximate surface area is 128 Å². The van der Waals surface area contributed by atoms with Crippen LogP contribution in [0.15, 0.2) is 18.2 Å². The Morgan fingerprint density at radius 1 is 1.53 bits per heavy atom. The summed E-state index contributed by atoms with van der Waals surface area (Å²) in [5, 5.41) is 6.44. The van der Waals surface area contributed by atoms with Crippen molar-refractivity contribution in [1.82, 2.24) is 5.32 Å². The van der Waals surface area contributed by atoms with E-state index >= 15 is 0 Å². The van der Waals surface area contributed by atoms with Gasteiger partial charge in [-0.3, -0.25) is 4.79 Å². The van der Waals surface area contributed by atoms with Crippen LogP contribution in [0.4, 0.5) is 5.69 Å². The van der Waals surface area contributed by atoms with E-state index in [0.717, 1.165) is 38.0 Å². The van der Waals surface area contributed by atoms with E-state index in [2.05, 4.69) is 53.1 Å². The smallest absolute Gasteiger partial charge is 0.231 e. The number of hydrogen-bond donors (Lipinski definition) is 2. The number of carbonyl (C=O) groups excluding carboxylic acids is 1. The Balaban J connectivity index is 2.12. The summed E-state index contributed by atoms with van der Waals surface area (Å²) in [7, 11) is 0. The number of aryl methyl sites for hydroxylation is 1. The SMILES string of the molecule is CCC1(C(=O)Nc2ccc(C)c(I)c2)CCCNC1. The summed E-state index contributed by atoms with van der Waals surface area (Å²) < 4.78 is 1.18. The van der Waals surface area contributed by atoms with Crippen LogP contribution in [0.5, 0.6) is 0 Å². The van der Waals surface area contributed by atoms with Crippen molar-refractivity contribution in [3.05, 3.63) is 27.3 Å². The van der Waals surface area contributed by atoms with E-state index < -0.39 is 0 Å². The molecule has 0 aliphatic carbocycles. The number of piperidine rings is 1. The first-order valence-electron chi connectivity index (χ1n) is 6.86. The van der Waals surface area contributed by atoms with Crippen molar-refractivity contribution in [3.8, 4) is 0 Å². The average molecular weight is 372 g/mol. The minimum Gasteiger partial charge on any atom is -0.326 e. The number of amides is 1. The van der Waals surface area contributed by atoms with Crippen LogP contribution in [0.2, 0.25) is 0 Å². The Bertz CT molecular complexity index is 467. The normalized spacial score (nSPS) is 23.1. The number of anilines is 1. The van der Waals surface area contributed by atoms with Crippen LogP contribution in [0.3, 0.4) is 0 Å². The van der Waals surface area contributed by atoms with E-state index in [1.807, 2.05) is 12.1 Å². The molecule has 0 aromatic heterocycles. The van der Waals surface area contributed by atoms with Gasteiger partial charge in [0.2, 0.25) is 5.91 Å². The highest BCUT2D eigenvalue weighted by molar-refractivity contribution is 14.1. The molecule has 2 rings (SSSR count). The Morgan fingerprint density at radius 2 is 2.32 bits per heavy atom. The first-order valence-corrected chi connectivity index (χ1v) is 7.93. The molecule has 1 heterocycles. The fraction of sp³-hybridized carbons (Fsp3) is 0.533. The number of hydrogen-bond acceptors (Lipinski definition) is 2. The molecule has 3 nitrogen and oxygen atoms in total. The van der Waals surface area contributed by atoms with Crippen molar-refractivity contribution < 1.29 is 4.79 Å². The molecule has 0 bridgehead atoms. The summed E-state index contributed by atoms with van der Waals surface area (Å²) in [6.45, 7) is 5.99. The molecule has 1 atom stereocenters. The van der Waals surface area contributed by atoms with Gasteiger partial charge in [0.15, 0.2) is 0 Å². The lowest BCUT2D eigenvalue weighted by Gasteiger charge is -2.35. The minimum atomic E-state index is -0.241. The van der Waals surface area contributed by atoms with Crippen LogP contribution in [0.1, 0.15) is 31.7 Å². The molecule has 1 fully saturated rings. The molecule has 1 saturated heterocycles. The zero-order chi connectivity index (χ0) is 13.9. The average Bonchev–Trinajstić information content (AvgIpc) is 2.43. The van der Waals surface area contributed by atoms with Gasteiger partial charge >= 0.3 is 0 Å². The number of rotatable bonds is 3. The first-order chi connectivity index (χ1) is 9.07. The van der Waals surface area contributed by atoms with Gasteiger partial charge in [0.05, 0.1) is 5.41 Å². The van der Waals surface area contributed by atoms with Crippen molar-refractivity contribution in [2.24, 2.45) is 5.41 Å². The third-order valence-electron chi connectivity index (χ3n) is 4.06. The molecule has 19 heavy (non-hydrogen) atoms. The maximum absolute atomic E-state index is 12.6. The second-order valence-electron chi connectivity index (χ2n) is 5.33.